The summed E-state index contributed by atoms with van der Waals surface area (Å²) in [7, 11) is 0. The van der Waals surface area contributed by atoms with Crippen molar-refractivity contribution in [3.63, 3.8) is 0 Å². The molecule has 3 aromatic heterocycles. The van der Waals surface area contributed by atoms with E-state index in [0.29, 0.717) is 11.8 Å². The standard InChI is InChI=1S/C17H22N6O/c1-12(2)9-16-21-17(24-22-16)14-5-6-15(18-10-14)20-13(3)11-23-8-4-7-19-23/h4-8,10,12-13H,9,11H2,1-3H3,(H,18,20)/t13-/m1/s1. The fraction of sp³-hybridized carbons (Fsp3) is 0.412. The van der Waals surface area contributed by atoms with Gasteiger partial charge in [0.2, 0.25) is 0 Å². The van der Waals surface area contributed by atoms with Crippen molar-refractivity contribution in [1.29, 1.82) is 0 Å². The number of nitrogens with zero attached hydrogens (tertiary/aromatic N) is 5. The third-order valence-electron chi connectivity index (χ3n) is 3.48. The topological polar surface area (TPSA) is 81.7 Å². The van der Waals surface area contributed by atoms with E-state index in [-0.39, 0.29) is 6.04 Å². The summed E-state index contributed by atoms with van der Waals surface area (Å²) in [6, 6.07) is 5.98. The van der Waals surface area contributed by atoms with Crippen LogP contribution in [0, 0.1) is 5.92 Å². The molecule has 0 fully saturated rings. The van der Waals surface area contributed by atoms with Gasteiger partial charge in [0.1, 0.15) is 5.82 Å². The maximum absolute atomic E-state index is 5.31. The van der Waals surface area contributed by atoms with Gasteiger partial charge in [0.25, 0.3) is 5.89 Å². The minimum Gasteiger partial charge on any atom is -0.366 e. The van der Waals surface area contributed by atoms with E-state index >= 15 is 0 Å². The van der Waals surface area contributed by atoms with Crippen LogP contribution in [-0.2, 0) is 13.0 Å². The lowest BCUT2D eigenvalue weighted by atomic mass is 10.1. The van der Waals surface area contributed by atoms with Gasteiger partial charge in [-0.05, 0) is 31.0 Å². The summed E-state index contributed by atoms with van der Waals surface area (Å²) in [5.74, 6) is 2.54. The first-order chi connectivity index (χ1) is 11.6. The van der Waals surface area contributed by atoms with Gasteiger partial charge in [0, 0.05) is 31.1 Å². The zero-order chi connectivity index (χ0) is 16.9. The number of hydrogen-bond donors (Lipinski definition) is 1. The Hall–Kier alpha value is -2.70. The maximum Gasteiger partial charge on any atom is 0.259 e. The molecule has 3 rings (SSSR count). The molecular weight excluding hydrogens is 304 g/mol. The number of aromatic nitrogens is 5. The summed E-state index contributed by atoms with van der Waals surface area (Å²) < 4.78 is 7.20. The molecule has 0 saturated heterocycles. The van der Waals surface area contributed by atoms with Crippen LogP contribution in [0.1, 0.15) is 26.6 Å². The SMILES string of the molecule is CC(C)Cc1noc(-c2ccc(N[C@H](C)Cn3cccn3)nc2)n1. The maximum atomic E-state index is 5.31. The van der Waals surface area contributed by atoms with Crippen LogP contribution in [0.25, 0.3) is 11.5 Å². The number of rotatable bonds is 7. The summed E-state index contributed by atoms with van der Waals surface area (Å²) >= 11 is 0. The molecule has 0 amide bonds. The Morgan fingerprint density at radius 2 is 2.12 bits per heavy atom. The first-order valence-electron chi connectivity index (χ1n) is 8.13. The molecule has 1 N–H and O–H groups in total. The van der Waals surface area contributed by atoms with Gasteiger partial charge in [0.15, 0.2) is 5.82 Å². The van der Waals surface area contributed by atoms with Gasteiger partial charge in [-0.3, -0.25) is 4.68 Å². The average molecular weight is 326 g/mol. The van der Waals surface area contributed by atoms with E-state index in [0.717, 1.165) is 30.2 Å². The van der Waals surface area contributed by atoms with Crippen molar-refractivity contribution in [1.82, 2.24) is 24.9 Å². The number of anilines is 1. The molecule has 0 radical (unpaired) electrons. The minimum absolute atomic E-state index is 0.212. The molecule has 0 aliphatic rings. The molecular formula is C17H22N6O. The lowest BCUT2D eigenvalue weighted by Gasteiger charge is -2.14. The van der Waals surface area contributed by atoms with Gasteiger partial charge in [-0.1, -0.05) is 19.0 Å². The van der Waals surface area contributed by atoms with Crippen molar-refractivity contribution in [2.75, 3.05) is 5.32 Å². The lowest BCUT2D eigenvalue weighted by molar-refractivity contribution is 0.417. The first kappa shape index (κ1) is 16.2. The molecule has 1 atom stereocenters. The van der Waals surface area contributed by atoms with Gasteiger partial charge < -0.3 is 9.84 Å². The smallest absolute Gasteiger partial charge is 0.259 e. The van der Waals surface area contributed by atoms with Gasteiger partial charge in [-0.25, -0.2) is 4.98 Å². The molecule has 24 heavy (non-hydrogen) atoms. The Kier molecular flexibility index (Phi) is 4.88. The van der Waals surface area contributed by atoms with E-state index in [4.69, 9.17) is 4.52 Å². The van der Waals surface area contributed by atoms with Gasteiger partial charge in [-0.15, -0.1) is 0 Å². The summed E-state index contributed by atoms with van der Waals surface area (Å²) in [5, 5.41) is 11.6. The molecule has 7 heteroatoms. The molecule has 7 nitrogen and oxygen atoms in total. The van der Waals surface area contributed by atoms with Crippen LogP contribution in [0.4, 0.5) is 5.82 Å². The Labute approximate surface area is 141 Å². The first-order valence-corrected chi connectivity index (χ1v) is 8.13. The minimum atomic E-state index is 0.212. The van der Waals surface area contributed by atoms with Gasteiger partial charge in [0.05, 0.1) is 12.1 Å². The van der Waals surface area contributed by atoms with Crippen LogP contribution >= 0.6 is 0 Å². The molecule has 0 bridgehead atoms. The van der Waals surface area contributed by atoms with Crippen molar-refractivity contribution in [2.24, 2.45) is 5.92 Å². The van der Waals surface area contributed by atoms with E-state index in [1.54, 1.807) is 12.4 Å². The van der Waals surface area contributed by atoms with Crippen molar-refractivity contribution >= 4 is 5.82 Å². The van der Waals surface area contributed by atoms with Crippen molar-refractivity contribution in [2.45, 2.75) is 39.8 Å². The van der Waals surface area contributed by atoms with Crippen LogP contribution < -0.4 is 5.32 Å². The van der Waals surface area contributed by atoms with Gasteiger partial charge in [-0.2, -0.15) is 10.1 Å². The Morgan fingerprint density at radius 3 is 2.79 bits per heavy atom. The van der Waals surface area contributed by atoms with E-state index in [9.17, 15) is 0 Å². The fourth-order valence-corrected chi connectivity index (χ4v) is 2.41. The predicted octanol–water partition coefficient (Wildman–Crippen LogP) is 3.03. The molecule has 0 spiro atoms. The highest BCUT2D eigenvalue weighted by Gasteiger charge is 2.11. The third kappa shape index (κ3) is 4.18. The number of nitrogens with one attached hydrogen (secondary N) is 1. The Balaban J connectivity index is 1.61. The quantitative estimate of drug-likeness (QED) is 0.718. The van der Waals surface area contributed by atoms with Crippen LogP contribution in [-0.4, -0.2) is 30.9 Å². The average Bonchev–Trinajstić information content (AvgIpc) is 3.19. The van der Waals surface area contributed by atoms with Crippen LogP contribution in [0.3, 0.4) is 0 Å². The summed E-state index contributed by atoms with van der Waals surface area (Å²) in [6.07, 6.45) is 6.27. The highest BCUT2D eigenvalue weighted by Crippen LogP contribution is 2.19. The molecule has 0 aliphatic heterocycles. The summed E-state index contributed by atoms with van der Waals surface area (Å²) in [4.78, 5) is 8.84. The van der Waals surface area contributed by atoms with E-state index in [2.05, 4.69) is 46.3 Å². The van der Waals surface area contributed by atoms with Crippen LogP contribution in [0.5, 0.6) is 0 Å². The van der Waals surface area contributed by atoms with Crippen molar-refractivity contribution < 1.29 is 4.52 Å². The number of hydrogen-bond acceptors (Lipinski definition) is 6. The second-order valence-corrected chi connectivity index (χ2v) is 6.32. The second kappa shape index (κ2) is 7.25. The van der Waals surface area contributed by atoms with Gasteiger partial charge >= 0.3 is 0 Å². The summed E-state index contributed by atoms with van der Waals surface area (Å²) in [5.41, 5.74) is 0.822. The highest BCUT2D eigenvalue weighted by molar-refractivity contribution is 5.54. The molecule has 3 aromatic rings. The monoisotopic (exact) mass is 326 g/mol. The van der Waals surface area contributed by atoms with E-state index in [1.807, 2.05) is 29.1 Å². The normalized spacial score (nSPS) is 12.5. The van der Waals surface area contributed by atoms with Crippen LogP contribution in [0.15, 0.2) is 41.3 Å². The molecule has 0 unspecified atom stereocenters. The van der Waals surface area contributed by atoms with Crippen LogP contribution in [0.2, 0.25) is 0 Å². The van der Waals surface area contributed by atoms with Crippen molar-refractivity contribution in [3.05, 3.63) is 42.6 Å². The zero-order valence-corrected chi connectivity index (χ0v) is 14.2. The number of pyridine rings is 1. The Morgan fingerprint density at radius 1 is 1.25 bits per heavy atom. The lowest BCUT2D eigenvalue weighted by Crippen LogP contribution is -2.22. The molecule has 0 saturated carbocycles. The molecule has 3 heterocycles. The summed E-state index contributed by atoms with van der Waals surface area (Å²) in [6.45, 7) is 7.12. The predicted molar refractivity (Wildman–Crippen MR) is 91.4 cm³/mol. The largest absolute Gasteiger partial charge is 0.366 e. The zero-order valence-electron chi connectivity index (χ0n) is 14.2. The van der Waals surface area contributed by atoms with Crippen molar-refractivity contribution in [3.8, 4) is 11.5 Å². The molecule has 0 aliphatic carbocycles. The fourth-order valence-electron chi connectivity index (χ4n) is 2.41. The van der Waals surface area contributed by atoms with E-state index < -0.39 is 0 Å². The molecule has 0 aromatic carbocycles. The highest BCUT2D eigenvalue weighted by atomic mass is 16.5. The Bertz CT molecular complexity index is 748. The second-order valence-electron chi connectivity index (χ2n) is 6.32. The molecule has 126 valence electrons. The van der Waals surface area contributed by atoms with E-state index in [1.165, 1.54) is 0 Å². The third-order valence-corrected chi connectivity index (χ3v) is 3.48.